The Bertz CT molecular complexity index is 433. The summed E-state index contributed by atoms with van der Waals surface area (Å²) in [5.41, 5.74) is 4.48. The van der Waals surface area contributed by atoms with Gasteiger partial charge in [0.25, 0.3) is 0 Å². The average Bonchev–Trinajstić information content (AvgIpc) is 2.49. The number of hydrogen-bond donors (Lipinski definition) is 0. The summed E-state index contributed by atoms with van der Waals surface area (Å²) in [6, 6.07) is 4.39. The van der Waals surface area contributed by atoms with E-state index in [0.29, 0.717) is 5.92 Å². The predicted octanol–water partition coefficient (Wildman–Crippen LogP) is 4.02. The molecule has 68 valence electrons. The van der Waals surface area contributed by atoms with Crippen LogP contribution in [0.2, 0.25) is 0 Å². The number of benzene rings is 1. The SMILES string of the molecule is CC(C)c1cc(I)cc2ncsc12. The van der Waals surface area contributed by atoms with Crippen LogP contribution in [0.1, 0.15) is 25.3 Å². The number of aromatic nitrogens is 1. The molecule has 2 rings (SSSR count). The molecule has 0 unspecified atom stereocenters. The molecule has 1 nitrogen and oxygen atoms in total. The first-order valence-corrected chi connectivity index (χ1v) is 6.17. The standard InChI is InChI=1S/C10H10INS/c1-6(2)8-3-7(11)4-9-10(8)13-5-12-9/h3-6H,1-2H3. The summed E-state index contributed by atoms with van der Waals surface area (Å²) in [7, 11) is 0. The quantitative estimate of drug-likeness (QED) is 0.725. The lowest BCUT2D eigenvalue weighted by Crippen LogP contribution is -1.88. The molecular formula is C10H10INS. The van der Waals surface area contributed by atoms with Gasteiger partial charge in [0.1, 0.15) is 0 Å². The molecule has 0 aliphatic heterocycles. The summed E-state index contributed by atoms with van der Waals surface area (Å²) < 4.78 is 2.62. The van der Waals surface area contributed by atoms with Crippen molar-refractivity contribution in [1.29, 1.82) is 0 Å². The van der Waals surface area contributed by atoms with Crippen LogP contribution >= 0.6 is 33.9 Å². The maximum atomic E-state index is 4.34. The first-order chi connectivity index (χ1) is 6.18. The van der Waals surface area contributed by atoms with Gasteiger partial charge in [-0.15, -0.1) is 11.3 Å². The Balaban J connectivity index is 2.77. The molecule has 0 radical (unpaired) electrons. The minimum atomic E-state index is 0.581. The van der Waals surface area contributed by atoms with Crippen LogP contribution in [0, 0.1) is 3.57 Å². The van der Waals surface area contributed by atoms with Gasteiger partial charge in [-0.25, -0.2) is 4.98 Å². The zero-order chi connectivity index (χ0) is 9.42. The lowest BCUT2D eigenvalue weighted by Gasteiger charge is -2.06. The number of hydrogen-bond acceptors (Lipinski definition) is 2. The molecule has 1 aromatic carbocycles. The Morgan fingerprint density at radius 2 is 2.15 bits per heavy atom. The second-order valence-electron chi connectivity index (χ2n) is 3.35. The van der Waals surface area contributed by atoms with Crippen molar-refractivity contribution in [1.82, 2.24) is 4.98 Å². The molecule has 2 aromatic rings. The summed E-state index contributed by atoms with van der Waals surface area (Å²) in [5, 5.41) is 0. The maximum absolute atomic E-state index is 4.34. The van der Waals surface area contributed by atoms with Crippen molar-refractivity contribution >= 4 is 44.1 Å². The van der Waals surface area contributed by atoms with Crippen molar-refractivity contribution in [3.05, 3.63) is 26.8 Å². The molecule has 0 saturated heterocycles. The molecule has 13 heavy (non-hydrogen) atoms. The van der Waals surface area contributed by atoms with Gasteiger partial charge in [-0.1, -0.05) is 13.8 Å². The van der Waals surface area contributed by atoms with Crippen molar-refractivity contribution < 1.29 is 0 Å². The van der Waals surface area contributed by atoms with E-state index in [9.17, 15) is 0 Å². The van der Waals surface area contributed by atoms with E-state index in [1.54, 1.807) is 11.3 Å². The zero-order valence-corrected chi connectivity index (χ0v) is 10.5. The molecule has 0 amide bonds. The molecule has 0 bridgehead atoms. The first-order valence-electron chi connectivity index (χ1n) is 4.21. The Morgan fingerprint density at radius 1 is 1.38 bits per heavy atom. The van der Waals surface area contributed by atoms with Crippen LogP contribution in [0.25, 0.3) is 10.2 Å². The normalized spacial score (nSPS) is 11.4. The molecule has 1 aromatic heterocycles. The fourth-order valence-corrected chi connectivity index (χ4v) is 2.95. The minimum Gasteiger partial charge on any atom is -0.245 e. The highest BCUT2D eigenvalue weighted by Gasteiger charge is 2.08. The van der Waals surface area contributed by atoms with Crippen molar-refractivity contribution in [2.24, 2.45) is 0 Å². The molecular weight excluding hydrogens is 293 g/mol. The van der Waals surface area contributed by atoms with E-state index >= 15 is 0 Å². The van der Waals surface area contributed by atoms with Gasteiger partial charge >= 0.3 is 0 Å². The van der Waals surface area contributed by atoms with Gasteiger partial charge in [0.2, 0.25) is 0 Å². The van der Waals surface area contributed by atoms with Crippen LogP contribution in [-0.2, 0) is 0 Å². The van der Waals surface area contributed by atoms with Gasteiger partial charge in [0, 0.05) is 3.57 Å². The molecule has 0 saturated carbocycles. The molecule has 1 heterocycles. The topological polar surface area (TPSA) is 12.9 Å². The number of rotatable bonds is 1. The summed E-state index contributed by atoms with van der Waals surface area (Å²) in [4.78, 5) is 4.34. The number of halogens is 1. The van der Waals surface area contributed by atoms with Crippen LogP contribution in [0.3, 0.4) is 0 Å². The van der Waals surface area contributed by atoms with Gasteiger partial charge in [0.05, 0.1) is 15.7 Å². The van der Waals surface area contributed by atoms with Crippen LogP contribution < -0.4 is 0 Å². The molecule has 0 aliphatic rings. The van der Waals surface area contributed by atoms with Gasteiger partial charge in [-0.2, -0.15) is 0 Å². The third-order valence-electron chi connectivity index (χ3n) is 2.05. The number of nitrogens with zero attached hydrogens (tertiary/aromatic N) is 1. The Hall–Kier alpha value is -0.160. The molecule has 0 spiro atoms. The van der Waals surface area contributed by atoms with E-state index in [1.165, 1.54) is 13.8 Å². The molecule has 0 N–H and O–H groups in total. The van der Waals surface area contributed by atoms with Crippen molar-refractivity contribution in [2.75, 3.05) is 0 Å². The van der Waals surface area contributed by atoms with Crippen molar-refractivity contribution in [3.63, 3.8) is 0 Å². The molecule has 3 heteroatoms. The summed E-state index contributed by atoms with van der Waals surface area (Å²) in [6.07, 6.45) is 0. The van der Waals surface area contributed by atoms with Gasteiger partial charge in [-0.3, -0.25) is 0 Å². The van der Waals surface area contributed by atoms with E-state index in [0.717, 1.165) is 5.52 Å². The fourth-order valence-electron chi connectivity index (χ4n) is 1.39. The van der Waals surface area contributed by atoms with E-state index < -0.39 is 0 Å². The van der Waals surface area contributed by atoms with Crippen molar-refractivity contribution in [3.8, 4) is 0 Å². The fraction of sp³-hybridized carbons (Fsp3) is 0.300. The van der Waals surface area contributed by atoms with Crippen molar-refractivity contribution in [2.45, 2.75) is 19.8 Å². The first kappa shape index (κ1) is 9.40. The Kier molecular flexibility index (Phi) is 2.55. The number of thiazole rings is 1. The average molecular weight is 303 g/mol. The molecule has 0 aliphatic carbocycles. The maximum Gasteiger partial charge on any atom is 0.0825 e. The Labute approximate surface area is 95.3 Å². The largest absolute Gasteiger partial charge is 0.245 e. The zero-order valence-electron chi connectivity index (χ0n) is 7.54. The highest BCUT2D eigenvalue weighted by atomic mass is 127. The summed E-state index contributed by atoms with van der Waals surface area (Å²) in [5.74, 6) is 0.581. The third-order valence-corrected chi connectivity index (χ3v) is 3.56. The lowest BCUT2D eigenvalue weighted by atomic mass is 10.0. The second-order valence-corrected chi connectivity index (χ2v) is 5.45. The lowest BCUT2D eigenvalue weighted by molar-refractivity contribution is 0.877. The van der Waals surface area contributed by atoms with Gasteiger partial charge < -0.3 is 0 Å². The second kappa shape index (κ2) is 3.53. The monoisotopic (exact) mass is 303 g/mol. The van der Waals surface area contributed by atoms with Crippen LogP contribution in [-0.4, -0.2) is 4.98 Å². The Morgan fingerprint density at radius 3 is 2.85 bits per heavy atom. The van der Waals surface area contributed by atoms with E-state index in [2.05, 4.69) is 53.6 Å². The third kappa shape index (κ3) is 1.72. The minimum absolute atomic E-state index is 0.581. The predicted molar refractivity (Wildman–Crippen MR) is 66.4 cm³/mol. The van der Waals surface area contributed by atoms with Gasteiger partial charge in [-0.05, 0) is 46.2 Å². The molecule has 0 atom stereocenters. The van der Waals surface area contributed by atoms with Crippen LogP contribution in [0.5, 0.6) is 0 Å². The highest BCUT2D eigenvalue weighted by molar-refractivity contribution is 14.1. The van der Waals surface area contributed by atoms with Crippen LogP contribution in [0.4, 0.5) is 0 Å². The van der Waals surface area contributed by atoms with E-state index in [-0.39, 0.29) is 0 Å². The van der Waals surface area contributed by atoms with Gasteiger partial charge in [0.15, 0.2) is 0 Å². The summed E-state index contributed by atoms with van der Waals surface area (Å²) in [6.45, 7) is 4.45. The van der Waals surface area contributed by atoms with Crippen LogP contribution in [0.15, 0.2) is 17.6 Å². The summed E-state index contributed by atoms with van der Waals surface area (Å²) >= 11 is 4.09. The number of fused-ring (bicyclic) bond motifs is 1. The highest BCUT2D eigenvalue weighted by Crippen LogP contribution is 2.29. The molecule has 0 fully saturated rings. The van der Waals surface area contributed by atoms with E-state index in [1.807, 2.05) is 5.51 Å². The smallest absolute Gasteiger partial charge is 0.0825 e. The van der Waals surface area contributed by atoms with E-state index in [4.69, 9.17) is 0 Å².